The van der Waals surface area contributed by atoms with E-state index < -0.39 is 34.9 Å². The lowest BCUT2D eigenvalue weighted by molar-refractivity contribution is 0.102. The van der Waals surface area contributed by atoms with Crippen LogP contribution < -0.4 is 5.32 Å². The van der Waals surface area contributed by atoms with E-state index >= 15 is 0 Å². The first kappa shape index (κ1) is 13.7. The van der Waals surface area contributed by atoms with Crippen molar-refractivity contribution in [3.63, 3.8) is 0 Å². The number of benzene rings is 2. The molecule has 104 valence electrons. The average molecular weight is 283 g/mol. The summed E-state index contributed by atoms with van der Waals surface area (Å²) in [4.78, 5) is 11.7. The molecule has 0 aliphatic rings. The topological polar surface area (TPSA) is 69.6 Å². The minimum atomic E-state index is -1.63. The summed E-state index contributed by atoms with van der Waals surface area (Å²) >= 11 is 0. The van der Waals surface area contributed by atoms with Crippen molar-refractivity contribution in [3.05, 3.63) is 53.3 Å². The molecule has 0 atom stereocenters. The maximum atomic E-state index is 13.0. The predicted octanol–water partition coefficient (Wildman–Crippen LogP) is 2.77. The van der Waals surface area contributed by atoms with Crippen molar-refractivity contribution >= 4 is 11.6 Å². The van der Waals surface area contributed by atoms with Crippen LogP contribution in [0.3, 0.4) is 0 Å². The monoisotopic (exact) mass is 283 g/mol. The maximum absolute atomic E-state index is 13.0. The van der Waals surface area contributed by atoms with Crippen LogP contribution in [-0.4, -0.2) is 16.1 Å². The first-order valence-electron chi connectivity index (χ1n) is 5.36. The summed E-state index contributed by atoms with van der Waals surface area (Å²) in [7, 11) is 0. The molecule has 0 aromatic heterocycles. The van der Waals surface area contributed by atoms with Crippen molar-refractivity contribution in [3.8, 4) is 11.5 Å². The van der Waals surface area contributed by atoms with Crippen LogP contribution in [0.4, 0.5) is 18.9 Å². The zero-order chi connectivity index (χ0) is 14.9. The summed E-state index contributed by atoms with van der Waals surface area (Å²) in [6.07, 6.45) is 0. The van der Waals surface area contributed by atoms with Crippen molar-refractivity contribution in [1.29, 1.82) is 0 Å². The van der Waals surface area contributed by atoms with Crippen molar-refractivity contribution in [2.45, 2.75) is 0 Å². The van der Waals surface area contributed by atoms with Gasteiger partial charge in [-0.3, -0.25) is 4.79 Å². The fourth-order valence-electron chi connectivity index (χ4n) is 1.50. The zero-order valence-corrected chi connectivity index (χ0v) is 9.82. The van der Waals surface area contributed by atoms with Crippen LogP contribution in [0.15, 0.2) is 30.3 Å². The highest BCUT2D eigenvalue weighted by molar-refractivity contribution is 6.04. The van der Waals surface area contributed by atoms with Gasteiger partial charge in [0, 0.05) is 23.4 Å². The SMILES string of the molecule is O=C(Nc1cc(F)c(F)c(F)c1)c1ccc(O)c(O)c1. The van der Waals surface area contributed by atoms with E-state index in [0.29, 0.717) is 12.1 Å². The maximum Gasteiger partial charge on any atom is 0.255 e. The normalized spacial score (nSPS) is 10.3. The second-order valence-electron chi connectivity index (χ2n) is 3.91. The van der Waals surface area contributed by atoms with Gasteiger partial charge in [-0.2, -0.15) is 0 Å². The first-order valence-corrected chi connectivity index (χ1v) is 5.36. The van der Waals surface area contributed by atoms with Gasteiger partial charge in [0.15, 0.2) is 29.0 Å². The number of nitrogens with one attached hydrogen (secondary N) is 1. The zero-order valence-electron chi connectivity index (χ0n) is 9.82. The van der Waals surface area contributed by atoms with Crippen molar-refractivity contribution in [1.82, 2.24) is 0 Å². The lowest BCUT2D eigenvalue weighted by Crippen LogP contribution is -2.12. The number of carbonyl (C=O) groups is 1. The summed E-state index contributed by atoms with van der Waals surface area (Å²) in [5, 5.41) is 20.5. The Morgan fingerprint density at radius 3 is 2.10 bits per heavy atom. The fraction of sp³-hybridized carbons (Fsp3) is 0. The number of amides is 1. The summed E-state index contributed by atoms with van der Waals surface area (Å²) in [5.74, 6) is -6.23. The van der Waals surface area contributed by atoms with Gasteiger partial charge in [0.1, 0.15) is 0 Å². The van der Waals surface area contributed by atoms with Gasteiger partial charge in [0.05, 0.1) is 0 Å². The number of halogens is 3. The van der Waals surface area contributed by atoms with Gasteiger partial charge in [-0.1, -0.05) is 0 Å². The molecule has 0 fully saturated rings. The second-order valence-corrected chi connectivity index (χ2v) is 3.91. The minimum absolute atomic E-state index is 0.0505. The van der Waals surface area contributed by atoms with E-state index in [2.05, 4.69) is 5.32 Å². The molecule has 0 aliphatic heterocycles. The first-order chi connectivity index (χ1) is 9.38. The molecule has 0 spiro atoms. The molecule has 2 rings (SSSR count). The molecule has 2 aromatic carbocycles. The van der Waals surface area contributed by atoms with Gasteiger partial charge in [-0.15, -0.1) is 0 Å². The second kappa shape index (κ2) is 5.12. The number of hydrogen-bond donors (Lipinski definition) is 3. The summed E-state index contributed by atoms with van der Waals surface area (Å²) in [6, 6.07) is 4.49. The van der Waals surface area contributed by atoms with E-state index in [-0.39, 0.29) is 11.3 Å². The van der Waals surface area contributed by atoms with E-state index in [9.17, 15) is 23.1 Å². The Labute approximate surface area is 111 Å². The van der Waals surface area contributed by atoms with Crippen LogP contribution in [0.2, 0.25) is 0 Å². The number of phenolic OH excluding ortho intramolecular Hbond substituents is 2. The molecule has 0 heterocycles. The van der Waals surface area contributed by atoms with Crippen molar-refractivity contribution < 1.29 is 28.2 Å². The van der Waals surface area contributed by atoms with Crippen LogP contribution in [0, 0.1) is 17.5 Å². The molecule has 0 saturated heterocycles. The lowest BCUT2D eigenvalue weighted by Gasteiger charge is -2.07. The summed E-state index contributed by atoms with van der Waals surface area (Å²) < 4.78 is 38.7. The molecule has 0 aliphatic carbocycles. The predicted molar refractivity (Wildman–Crippen MR) is 64.0 cm³/mol. The van der Waals surface area contributed by atoms with Gasteiger partial charge >= 0.3 is 0 Å². The van der Waals surface area contributed by atoms with E-state index in [1.54, 1.807) is 0 Å². The van der Waals surface area contributed by atoms with Crippen LogP contribution in [0.25, 0.3) is 0 Å². The molecule has 0 radical (unpaired) electrons. The molecule has 1 amide bonds. The number of hydrogen-bond acceptors (Lipinski definition) is 3. The Bertz CT molecular complexity index is 666. The molecule has 4 nitrogen and oxygen atoms in total. The Morgan fingerprint density at radius 2 is 1.55 bits per heavy atom. The minimum Gasteiger partial charge on any atom is -0.504 e. The van der Waals surface area contributed by atoms with E-state index in [0.717, 1.165) is 12.1 Å². The highest BCUT2D eigenvalue weighted by atomic mass is 19.2. The van der Waals surface area contributed by atoms with Crippen LogP contribution >= 0.6 is 0 Å². The molecule has 0 bridgehead atoms. The fourth-order valence-corrected chi connectivity index (χ4v) is 1.50. The summed E-state index contributed by atoms with van der Waals surface area (Å²) in [6.45, 7) is 0. The molecule has 7 heteroatoms. The highest BCUT2D eigenvalue weighted by Gasteiger charge is 2.14. The number of phenols is 2. The van der Waals surface area contributed by atoms with Gasteiger partial charge in [0.25, 0.3) is 5.91 Å². The quantitative estimate of drug-likeness (QED) is 0.586. The van der Waals surface area contributed by atoms with E-state index in [1.807, 2.05) is 0 Å². The highest BCUT2D eigenvalue weighted by Crippen LogP contribution is 2.25. The van der Waals surface area contributed by atoms with E-state index in [4.69, 9.17) is 5.11 Å². The van der Waals surface area contributed by atoms with Gasteiger partial charge in [-0.05, 0) is 18.2 Å². The molecule has 0 unspecified atom stereocenters. The largest absolute Gasteiger partial charge is 0.504 e. The van der Waals surface area contributed by atoms with Crippen LogP contribution in [-0.2, 0) is 0 Å². The third-order valence-electron chi connectivity index (χ3n) is 2.48. The van der Waals surface area contributed by atoms with Gasteiger partial charge < -0.3 is 15.5 Å². The number of anilines is 1. The van der Waals surface area contributed by atoms with Crippen LogP contribution in [0.1, 0.15) is 10.4 Å². The number of aromatic hydroxyl groups is 2. The molecular formula is C13H8F3NO3. The third-order valence-corrected chi connectivity index (χ3v) is 2.48. The Balaban J connectivity index is 2.25. The van der Waals surface area contributed by atoms with E-state index in [1.165, 1.54) is 6.07 Å². The Morgan fingerprint density at radius 1 is 0.950 bits per heavy atom. The van der Waals surface area contributed by atoms with Crippen LogP contribution in [0.5, 0.6) is 11.5 Å². The standard InChI is InChI=1S/C13H8F3NO3/c14-8-4-7(5-9(15)12(8)16)17-13(20)6-1-2-10(18)11(19)3-6/h1-5,18-19H,(H,17,20). The van der Waals surface area contributed by atoms with Gasteiger partial charge in [0.2, 0.25) is 0 Å². The smallest absolute Gasteiger partial charge is 0.255 e. The third kappa shape index (κ3) is 2.66. The molecular weight excluding hydrogens is 275 g/mol. The molecule has 2 aromatic rings. The number of rotatable bonds is 2. The molecule has 0 saturated carbocycles. The summed E-state index contributed by atoms with van der Waals surface area (Å²) in [5.41, 5.74) is -0.329. The van der Waals surface area contributed by atoms with Crippen molar-refractivity contribution in [2.24, 2.45) is 0 Å². The van der Waals surface area contributed by atoms with Gasteiger partial charge in [-0.25, -0.2) is 13.2 Å². The lowest BCUT2D eigenvalue weighted by atomic mass is 10.2. The average Bonchev–Trinajstić information content (AvgIpc) is 2.39. The Hall–Kier alpha value is -2.70. The molecule has 3 N–H and O–H groups in total. The molecule has 20 heavy (non-hydrogen) atoms. The Kier molecular flexibility index (Phi) is 3.51. The van der Waals surface area contributed by atoms with Crippen molar-refractivity contribution in [2.75, 3.05) is 5.32 Å². The number of carbonyl (C=O) groups excluding carboxylic acids is 1.